The van der Waals surface area contributed by atoms with E-state index in [4.69, 9.17) is 5.73 Å². The molecule has 2 rings (SSSR count). The summed E-state index contributed by atoms with van der Waals surface area (Å²) in [4.78, 5) is 32.9. The second kappa shape index (κ2) is 14.5. The number of primary amides is 1. The van der Waals surface area contributed by atoms with E-state index in [1.54, 1.807) is 7.05 Å². The molecular weight excluding hydrogens is 465 g/mol. The first-order valence-corrected chi connectivity index (χ1v) is 10.5. The van der Waals surface area contributed by atoms with E-state index >= 15 is 0 Å². The van der Waals surface area contributed by atoms with Gasteiger partial charge in [0.15, 0.2) is 11.5 Å². The van der Waals surface area contributed by atoms with Crippen LogP contribution in [0.3, 0.4) is 0 Å². The fourth-order valence-corrected chi connectivity index (χ4v) is 2.92. The maximum Gasteiger partial charge on any atom is 0.271 e. The van der Waals surface area contributed by atoms with Crippen molar-refractivity contribution in [1.29, 1.82) is 0 Å². The van der Waals surface area contributed by atoms with Crippen molar-refractivity contribution in [3.05, 3.63) is 41.2 Å². The molecule has 1 aromatic heterocycles. The summed E-state index contributed by atoms with van der Waals surface area (Å²) in [5, 5.41) is 12.3. The number of rotatable bonds is 11. The quantitative estimate of drug-likeness (QED) is 0.320. The second-order valence-corrected chi connectivity index (χ2v) is 7.61. The molecule has 2 aromatic rings. The third-order valence-corrected chi connectivity index (χ3v) is 4.69. The lowest BCUT2D eigenvalue weighted by Gasteiger charge is -2.17. The smallest absolute Gasteiger partial charge is 0.271 e. The largest absolute Gasteiger partial charge is 0.366 e. The molecule has 11 heteroatoms. The van der Waals surface area contributed by atoms with Gasteiger partial charge in [-0.2, -0.15) is 0 Å². The molecule has 0 saturated heterocycles. The summed E-state index contributed by atoms with van der Waals surface area (Å²) in [7, 11) is 1.75. The number of nitrogens with one attached hydrogen (secondary N) is 4. The minimum absolute atomic E-state index is 0. The van der Waals surface area contributed by atoms with Crippen molar-refractivity contribution >= 4 is 54.0 Å². The summed E-state index contributed by atoms with van der Waals surface area (Å²) in [6.45, 7) is 8.30. The number of aromatic nitrogens is 2. The number of nitrogens with zero attached hydrogens (tertiary/aromatic N) is 2. The fourth-order valence-electron chi connectivity index (χ4n) is 2.92. The maximum absolute atomic E-state index is 12.0. The molecule has 0 saturated carbocycles. The molecule has 1 atom stereocenters. The number of hydrogen-bond acceptors (Lipinski definition) is 7. The van der Waals surface area contributed by atoms with E-state index in [0.717, 1.165) is 11.3 Å². The highest BCUT2D eigenvalue weighted by Crippen LogP contribution is 2.23. The number of halogens is 2. The maximum atomic E-state index is 12.0. The highest BCUT2D eigenvalue weighted by molar-refractivity contribution is 5.96. The predicted octanol–water partition coefficient (Wildman–Crippen LogP) is 2.81. The van der Waals surface area contributed by atoms with Crippen LogP contribution in [0.15, 0.2) is 24.3 Å². The van der Waals surface area contributed by atoms with Crippen LogP contribution in [0.5, 0.6) is 0 Å². The van der Waals surface area contributed by atoms with Crippen LogP contribution >= 0.6 is 24.8 Å². The Morgan fingerprint density at radius 2 is 1.79 bits per heavy atom. The normalized spacial score (nSPS) is 11.1. The molecule has 0 fully saturated rings. The Morgan fingerprint density at radius 3 is 2.36 bits per heavy atom. The Morgan fingerprint density at radius 1 is 1.09 bits per heavy atom. The zero-order valence-corrected chi connectivity index (χ0v) is 21.3. The van der Waals surface area contributed by atoms with E-state index in [1.165, 1.54) is 0 Å². The molecule has 0 spiro atoms. The fraction of sp³-hybridized carbons (Fsp3) is 0.455. The summed E-state index contributed by atoms with van der Waals surface area (Å²) in [5.74, 6) is 0.251. The molecular formula is C22H35Cl2N7O2. The van der Waals surface area contributed by atoms with Crippen molar-refractivity contribution in [2.24, 2.45) is 5.73 Å². The summed E-state index contributed by atoms with van der Waals surface area (Å²) < 4.78 is 0. The van der Waals surface area contributed by atoms with Gasteiger partial charge in [0, 0.05) is 18.3 Å². The average Bonchev–Trinajstić information content (AvgIpc) is 2.72. The first kappa shape index (κ1) is 30.4. The van der Waals surface area contributed by atoms with Gasteiger partial charge in [-0.25, -0.2) is 9.97 Å². The van der Waals surface area contributed by atoms with E-state index in [0.29, 0.717) is 36.7 Å². The van der Waals surface area contributed by atoms with Crippen LogP contribution in [-0.2, 0) is 17.6 Å². The first-order chi connectivity index (χ1) is 14.7. The SMILES string of the molecule is CCc1nc(C(N)=O)c(Nc2cccc(CCNC(=O)[C@H](C)NC)c2)nc1NC(C)C.Cl.Cl. The highest BCUT2D eigenvalue weighted by Gasteiger charge is 2.18. The highest BCUT2D eigenvalue weighted by atomic mass is 35.5. The van der Waals surface area contributed by atoms with Gasteiger partial charge in [0.1, 0.15) is 5.82 Å². The number of anilines is 3. The molecule has 2 amide bonds. The molecule has 1 heterocycles. The topological polar surface area (TPSA) is 134 Å². The predicted molar refractivity (Wildman–Crippen MR) is 138 cm³/mol. The van der Waals surface area contributed by atoms with Crippen LogP contribution < -0.4 is 27.0 Å². The molecule has 0 unspecified atom stereocenters. The lowest BCUT2D eigenvalue weighted by molar-refractivity contribution is -0.122. The average molecular weight is 500 g/mol. The van der Waals surface area contributed by atoms with Crippen molar-refractivity contribution in [1.82, 2.24) is 20.6 Å². The van der Waals surface area contributed by atoms with Crippen LogP contribution in [0.4, 0.5) is 17.3 Å². The minimum atomic E-state index is -0.640. The Hall–Kier alpha value is -2.62. The summed E-state index contributed by atoms with van der Waals surface area (Å²) in [6.07, 6.45) is 1.29. The summed E-state index contributed by atoms with van der Waals surface area (Å²) >= 11 is 0. The van der Waals surface area contributed by atoms with E-state index in [9.17, 15) is 9.59 Å². The van der Waals surface area contributed by atoms with Crippen molar-refractivity contribution < 1.29 is 9.59 Å². The number of carbonyl (C=O) groups excluding carboxylic acids is 2. The third-order valence-electron chi connectivity index (χ3n) is 4.69. The van der Waals surface area contributed by atoms with Gasteiger partial charge in [-0.05, 0) is 58.4 Å². The number of hydrogen-bond donors (Lipinski definition) is 5. The van der Waals surface area contributed by atoms with E-state index in [-0.39, 0.29) is 48.5 Å². The monoisotopic (exact) mass is 499 g/mol. The van der Waals surface area contributed by atoms with Gasteiger partial charge >= 0.3 is 0 Å². The molecule has 184 valence electrons. The molecule has 33 heavy (non-hydrogen) atoms. The van der Waals surface area contributed by atoms with E-state index in [2.05, 4.69) is 31.2 Å². The van der Waals surface area contributed by atoms with Crippen molar-refractivity contribution in [3.63, 3.8) is 0 Å². The van der Waals surface area contributed by atoms with Gasteiger partial charge in [0.05, 0.1) is 11.7 Å². The van der Waals surface area contributed by atoms with Gasteiger partial charge in [-0.15, -0.1) is 24.8 Å². The molecule has 9 nitrogen and oxygen atoms in total. The van der Waals surface area contributed by atoms with Crippen molar-refractivity contribution in [2.45, 2.75) is 52.6 Å². The number of aryl methyl sites for hydroxylation is 1. The first-order valence-electron chi connectivity index (χ1n) is 10.5. The second-order valence-electron chi connectivity index (χ2n) is 7.61. The Labute approximate surface area is 207 Å². The Balaban J connectivity index is 0.00000512. The van der Waals surface area contributed by atoms with Gasteiger partial charge in [-0.1, -0.05) is 19.1 Å². The van der Waals surface area contributed by atoms with Crippen molar-refractivity contribution in [3.8, 4) is 0 Å². The van der Waals surface area contributed by atoms with Crippen LogP contribution in [0, 0.1) is 0 Å². The van der Waals surface area contributed by atoms with Crippen LogP contribution in [0.1, 0.15) is 49.4 Å². The molecule has 0 radical (unpaired) electrons. The van der Waals surface area contributed by atoms with E-state index < -0.39 is 5.91 Å². The number of benzene rings is 1. The number of carbonyl (C=O) groups is 2. The van der Waals surface area contributed by atoms with Gasteiger partial charge in [-0.3, -0.25) is 9.59 Å². The molecule has 6 N–H and O–H groups in total. The molecule has 0 aliphatic heterocycles. The molecule has 0 aliphatic carbocycles. The Kier molecular flexibility index (Phi) is 13.4. The van der Waals surface area contributed by atoms with Crippen LogP contribution in [0.2, 0.25) is 0 Å². The van der Waals surface area contributed by atoms with Gasteiger partial charge in [0.25, 0.3) is 5.91 Å². The van der Waals surface area contributed by atoms with Gasteiger partial charge < -0.3 is 27.0 Å². The standard InChI is InChI=1S/C22H33N7O2.2ClH/c1-6-17-20(26-13(2)3)29-21(18(28-17)19(23)30)27-16-9-7-8-15(12-16)10-11-25-22(31)14(4)24-5;;/h7-9,12-14,24H,6,10-11H2,1-5H3,(H2,23,30)(H,25,31)(H2,26,27,29);2*1H/t14-;;/m0../s1. The zero-order chi connectivity index (χ0) is 23.0. The van der Waals surface area contributed by atoms with Crippen LogP contribution in [-0.4, -0.2) is 47.5 Å². The van der Waals surface area contributed by atoms with Crippen LogP contribution in [0.25, 0.3) is 0 Å². The molecule has 0 bridgehead atoms. The molecule has 0 aliphatic rings. The number of amides is 2. The van der Waals surface area contributed by atoms with Crippen molar-refractivity contribution in [2.75, 3.05) is 24.2 Å². The number of nitrogens with two attached hydrogens (primary N) is 1. The third kappa shape index (κ3) is 9.03. The molecule has 1 aromatic carbocycles. The summed E-state index contributed by atoms with van der Waals surface area (Å²) in [5.41, 5.74) is 8.13. The zero-order valence-electron chi connectivity index (χ0n) is 19.7. The number of likely N-dealkylation sites (N-methyl/N-ethyl adjacent to an activating group) is 1. The summed E-state index contributed by atoms with van der Waals surface area (Å²) in [6, 6.07) is 7.63. The van der Waals surface area contributed by atoms with E-state index in [1.807, 2.05) is 52.0 Å². The lowest BCUT2D eigenvalue weighted by atomic mass is 10.1. The lowest BCUT2D eigenvalue weighted by Crippen LogP contribution is -2.41. The minimum Gasteiger partial charge on any atom is -0.366 e. The Bertz CT molecular complexity index is 926. The van der Waals surface area contributed by atoms with Gasteiger partial charge in [0.2, 0.25) is 5.91 Å².